The molecule has 1 aromatic heterocycles. The van der Waals surface area contributed by atoms with Crippen molar-refractivity contribution in [1.29, 1.82) is 0 Å². The summed E-state index contributed by atoms with van der Waals surface area (Å²) in [6.07, 6.45) is 1.55. The first-order valence-electron chi connectivity index (χ1n) is 5.61. The molecule has 86 valence electrons. The molecule has 0 unspecified atom stereocenters. The van der Waals surface area contributed by atoms with Gasteiger partial charge in [-0.05, 0) is 19.1 Å². The lowest BCUT2D eigenvalue weighted by Crippen LogP contribution is -2.06. The molecule has 0 aliphatic carbocycles. The molecule has 0 atom stereocenters. The van der Waals surface area contributed by atoms with Crippen LogP contribution in [0.3, 0.4) is 0 Å². The van der Waals surface area contributed by atoms with Crippen molar-refractivity contribution in [3.8, 4) is 5.69 Å². The van der Waals surface area contributed by atoms with Crippen LogP contribution in [0.5, 0.6) is 0 Å². The van der Waals surface area contributed by atoms with Gasteiger partial charge in [0, 0.05) is 6.54 Å². The van der Waals surface area contributed by atoms with Gasteiger partial charge in [0.25, 0.3) is 0 Å². The van der Waals surface area contributed by atoms with E-state index in [0.29, 0.717) is 0 Å². The molecule has 0 aliphatic heterocycles. The van der Waals surface area contributed by atoms with Crippen molar-refractivity contribution in [2.24, 2.45) is 0 Å². The number of para-hydroxylation sites is 1. The Morgan fingerprint density at radius 1 is 1.19 bits per heavy atom. The highest BCUT2D eigenvalue weighted by Crippen LogP contribution is 2.10. The van der Waals surface area contributed by atoms with E-state index in [4.69, 9.17) is 0 Å². The number of hydrogen-bond donors (Lipinski definition) is 1. The zero-order chi connectivity index (χ0) is 11.8. The molecule has 0 amide bonds. The van der Waals surface area contributed by atoms with Gasteiger partial charge in [0.2, 0.25) is 5.95 Å². The summed E-state index contributed by atoms with van der Waals surface area (Å²) in [5.41, 5.74) is 1.01. The van der Waals surface area contributed by atoms with E-state index in [1.165, 1.54) is 0 Å². The minimum atomic E-state index is 0.777. The number of benzene rings is 1. The molecule has 0 radical (unpaired) electrons. The third-order valence-corrected chi connectivity index (χ3v) is 1.88. The first kappa shape index (κ1) is 12.2. The molecule has 0 spiro atoms. The summed E-state index contributed by atoms with van der Waals surface area (Å²) < 4.78 is 1.78. The zero-order valence-corrected chi connectivity index (χ0v) is 10.0. The molecule has 1 heterocycles. The van der Waals surface area contributed by atoms with Crippen molar-refractivity contribution in [2.75, 3.05) is 11.9 Å². The molecule has 0 saturated heterocycles. The molecule has 4 nitrogen and oxygen atoms in total. The van der Waals surface area contributed by atoms with E-state index in [2.05, 4.69) is 15.4 Å². The fourth-order valence-corrected chi connectivity index (χ4v) is 1.28. The van der Waals surface area contributed by atoms with E-state index in [1.807, 2.05) is 51.1 Å². The van der Waals surface area contributed by atoms with Crippen LogP contribution >= 0.6 is 0 Å². The maximum Gasteiger partial charge on any atom is 0.225 e. The predicted octanol–water partition coefficient (Wildman–Crippen LogP) is 2.73. The minimum Gasteiger partial charge on any atom is -0.354 e. The maximum absolute atomic E-state index is 4.15. The van der Waals surface area contributed by atoms with Gasteiger partial charge < -0.3 is 5.32 Å². The van der Waals surface area contributed by atoms with Gasteiger partial charge in [0.1, 0.15) is 6.33 Å². The largest absolute Gasteiger partial charge is 0.354 e. The standard InChI is InChI=1S/C10H12N4.C2H6/c1-2-11-10-12-8-13-14(10)9-6-4-3-5-7-9;1-2/h3-8H,2H2,1H3,(H,11,12,13);1-2H3. The third-order valence-electron chi connectivity index (χ3n) is 1.88. The van der Waals surface area contributed by atoms with Gasteiger partial charge in [0.05, 0.1) is 5.69 Å². The number of nitrogens with zero attached hydrogens (tertiary/aromatic N) is 3. The molecule has 1 aromatic carbocycles. The average Bonchev–Trinajstić information content (AvgIpc) is 2.82. The van der Waals surface area contributed by atoms with Gasteiger partial charge in [-0.3, -0.25) is 0 Å². The summed E-state index contributed by atoms with van der Waals surface area (Å²) in [4.78, 5) is 4.12. The van der Waals surface area contributed by atoms with Crippen LogP contribution in [-0.2, 0) is 0 Å². The van der Waals surface area contributed by atoms with E-state index in [-0.39, 0.29) is 0 Å². The number of aromatic nitrogens is 3. The molecule has 16 heavy (non-hydrogen) atoms. The van der Waals surface area contributed by atoms with Gasteiger partial charge >= 0.3 is 0 Å². The Morgan fingerprint density at radius 3 is 2.50 bits per heavy atom. The van der Waals surface area contributed by atoms with Gasteiger partial charge in [-0.25, -0.2) is 0 Å². The van der Waals surface area contributed by atoms with Crippen LogP contribution in [0.2, 0.25) is 0 Å². The van der Waals surface area contributed by atoms with E-state index >= 15 is 0 Å². The fraction of sp³-hybridized carbons (Fsp3) is 0.333. The first-order chi connectivity index (χ1) is 7.92. The lowest BCUT2D eigenvalue weighted by atomic mass is 10.3. The normalized spacial score (nSPS) is 9.19. The number of nitrogens with one attached hydrogen (secondary N) is 1. The van der Waals surface area contributed by atoms with Crippen molar-refractivity contribution < 1.29 is 0 Å². The summed E-state index contributed by atoms with van der Waals surface area (Å²) in [6, 6.07) is 9.93. The Balaban J connectivity index is 0.000000606. The molecule has 0 fully saturated rings. The summed E-state index contributed by atoms with van der Waals surface area (Å²) >= 11 is 0. The lowest BCUT2D eigenvalue weighted by Gasteiger charge is -2.05. The van der Waals surface area contributed by atoms with Gasteiger partial charge in [-0.2, -0.15) is 14.8 Å². The molecule has 2 aromatic rings. The first-order valence-corrected chi connectivity index (χ1v) is 5.61. The van der Waals surface area contributed by atoms with Crippen LogP contribution in [0.4, 0.5) is 5.95 Å². The maximum atomic E-state index is 4.15. The average molecular weight is 218 g/mol. The van der Waals surface area contributed by atoms with Crippen LogP contribution in [0.15, 0.2) is 36.7 Å². The van der Waals surface area contributed by atoms with Crippen LogP contribution in [0.1, 0.15) is 20.8 Å². The molecule has 1 N–H and O–H groups in total. The Morgan fingerprint density at radius 2 is 1.88 bits per heavy atom. The van der Waals surface area contributed by atoms with Gasteiger partial charge in [-0.15, -0.1) is 0 Å². The smallest absolute Gasteiger partial charge is 0.225 e. The van der Waals surface area contributed by atoms with E-state index in [9.17, 15) is 0 Å². The highest BCUT2D eigenvalue weighted by molar-refractivity contribution is 5.38. The topological polar surface area (TPSA) is 42.7 Å². The summed E-state index contributed by atoms with van der Waals surface area (Å²) in [5, 5.41) is 7.29. The van der Waals surface area contributed by atoms with E-state index in [0.717, 1.165) is 18.2 Å². The Kier molecular flexibility index (Phi) is 5.05. The van der Waals surface area contributed by atoms with Crippen LogP contribution < -0.4 is 5.32 Å². The summed E-state index contributed by atoms with van der Waals surface area (Å²) in [5.74, 6) is 0.777. The van der Waals surface area contributed by atoms with Crippen LogP contribution in [0, 0.1) is 0 Å². The second-order valence-electron chi connectivity index (χ2n) is 2.86. The molecule has 0 aliphatic rings. The number of hydrogen-bond acceptors (Lipinski definition) is 3. The SMILES string of the molecule is CC.CCNc1ncnn1-c1ccccc1. The second kappa shape index (κ2) is 6.61. The van der Waals surface area contributed by atoms with E-state index in [1.54, 1.807) is 11.0 Å². The van der Waals surface area contributed by atoms with Crippen molar-refractivity contribution in [1.82, 2.24) is 14.8 Å². The minimum absolute atomic E-state index is 0.777. The summed E-state index contributed by atoms with van der Waals surface area (Å²) in [7, 11) is 0. The quantitative estimate of drug-likeness (QED) is 0.861. The molecule has 0 saturated carbocycles. The predicted molar refractivity (Wildman–Crippen MR) is 66.9 cm³/mol. The zero-order valence-electron chi connectivity index (χ0n) is 10.0. The highest BCUT2D eigenvalue weighted by Gasteiger charge is 2.03. The van der Waals surface area contributed by atoms with Crippen molar-refractivity contribution in [3.05, 3.63) is 36.7 Å². The van der Waals surface area contributed by atoms with Crippen LogP contribution in [0.25, 0.3) is 5.69 Å². The molecule has 4 heteroatoms. The molecule has 0 bridgehead atoms. The van der Waals surface area contributed by atoms with Gasteiger partial charge in [0.15, 0.2) is 0 Å². The van der Waals surface area contributed by atoms with Crippen LogP contribution in [-0.4, -0.2) is 21.3 Å². The Hall–Kier alpha value is -1.84. The molecular formula is C12H18N4. The monoisotopic (exact) mass is 218 g/mol. The van der Waals surface area contributed by atoms with Crippen molar-refractivity contribution >= 4 is 5.95 Å². The number of anilines is 1. The second-order valence-corrected chi connectivity index (χ2v) is 2.86. The third kappa shape index (κ3) is 2.82. The van der Waals surface area contributed by atoms with Crippen molar-refractivity contribution in [2.45, 2.75) is 20.8 Å². The summed E-state index contributed by atoms with van der Waals surface area (Å²) in [6.45, 7) is 6.87. The highest BCUT2D eigenvalue weighted by atomic mass is 15.4. The Bertz CT molecular complexity index is 394. The number of rotatable bonds is 3. The van der Waals surface area contributed by atoms with Gasteiger partial charge in [-0.1, -0.05) is 32.0 Å². The Labute approximate surface area is 96.3 Å². The van der Waals surface area contributed by atoms with Crippen molar-refractivity contribution in [3.63, 3.8) is 0 Å². The fourth-order valence-electron chi connectivity index (χ4n) is 1.28. The lowest BCUT2D eigenvalue weighted by molar-refractivity contribution is 0.877. The molecule has 2 rings (SSSR count). The molecular weight excluding hydrogens is 200 g/mol. The van der Waals surface area contributed by atoms with E-state index < -0.39 is 0 Å².